The number of allylic oxidation sites excluding steroid dienone is 4. The molecule has 0 aromatic carbocycles. The van der Waals surface area contributed by atoms with Crippen LogP contribution in [0.15, 0.2) is 23.8 Å². The van der Waals surface area contributed by atoms with Gasteiger partial charge in [0.15, 0.2) is 5.78 Å². The maximum atomic E-state index is 11.7. The number of carbonyl (C=O) groups excluding carboxylic acids is 1. The van der Waals surface area contributed by atoms with Crippen molar-refractivity contribution < 1.29 is 4.79 Å². The Bertz CT molecular complexity index is 320. The van der Waals surface area contributed by atoms with E-state index in [0.29, 0.717) is 17.8 Å². The minimum Gasteiger partial charge on any atom is -0.295 e. The number of unbranched alkanes of at least 4 members (excludes halogenated alkanes) is 1. The van der Waals surface area contributed by atoms with E-state index in [2.05, 4.69) is 39.8 Å². The average molecular weight is 234 g/mol. The predicted octanol–water partition coefficient (Wildman–Crippen LogP) is 4.68. The molecule has 0 heterocycles. The van der Waals surface area contributed by atoms with Gasteiger partial charge in [-0.2, -0.15) is 0 Å². The van der Waals surface area contributed by atoms with Crippen LogP contribution in [-0.2, 0) is 4.79 Å². The molecule has 1 aliphatic rings. The smallest absolute Gasteiger partial charge is 0.155 e. The third-order valence-electron chi connectivity index (χ3n) is 3.84. The van der Waals surface area contributed by atoms with Crippen molar-refractivity contribution in [1.29, 1.82) is 0 Å². The fourth-order valence-corrected chi connectivity index (χ4v) is 2.62. The molecule has 0 spiro atoms. The average Bonchev–Trinajstić information content (AvgIpc) is 2.24. The van der Waals surface area contributed by atoms with Crippen molar-refractivity contribution in [2.75, 3.05) is 0 Å². The van der Waals surface area contributed by atoms with Crippen LogP contribution < -0.4 is 0 Å². The minimum atomic E-state index is 0.279. The normalized spacial score (nSPS) is 23.8. The van der Waals surface area contributed by atoms with Crippen molar-refractivity contribution in [1.82, 2.24) is 0 Å². The van der Waals surface area contributed by atoms with Gasteiger partial charge in [-0.3, -0.25) is 4.79 Å². The summed E-state index contributed by atoms with van der Waals surface area (Å²) in [5, 5.41) is 0. The van der Waals surface area contributed by atoms with Crippen LogP contribution in [0.4, 0.5) is 0 Å². The van der Waals surface area contributed by atoms with Gasteiger partial charge >= 0.3 is 0 Å². The molecule has 1 rings (SSSR count). The zero-order valence-electron chi connectivity index (χ0n) is 11.8. The Kier molecular flexibility index (Phi) is 5.17. The summed E-state index contributed by atoms with van der Waals surface area (Å²) in [6, 6.07) is 0. The van der Waals surface area contributed by atoms with Crippen molar-refractivity contribution in [2.45, 2.75) is 59.8 Å². The van der Waals surface area contributed by atoms with Gasteiger partial charge in [0.25, 0.3) is 0 Å². The van der Waals surface area contributed by atoms with Gasteiger partial charge in [-0.1, -0.05) is 44.9 Å². The lowest BCUT2D eigenvalue weighted by atomic mass is 9.68. The van der Waals surface area contributed by atoms with Crippen molar-refractivity contribution >= 4 is 5.78 Å². The monoisotopic (exact) mass is 234 g/mol. The summed E-state index contributed by atoms with van der Waals surface area (Å²) in [6.45, 7) is 8.91. The van der Waals surface area contributed by atoms with Gasteiger partial charge in [-0.25, -0.2) is 0 Å². The van der Waals surface area contributed by atoms with E-state index in [-0.39, 0.29) is 5.78 Å². The fraction of sp³-hybridized carbons (Fsp3) is 0.688. The SMILES string of the molecule is CCCCC(=O)/C=C/C1C(C)=CCCC1(C)C. The number of rotatable bonds is 5. The zero-order valence-corrected chi connectivity index (χ0v) is 11.8. The Morgan fingerprint density at radius 1 is 1.53 bits per heavy atom. The van der Waals surface area contributed by atoms with Crippen LogP contribution in [-0.4, -0.2) is 5.78 Å². The van der Waals surface area contributed by atoms with E-state index < -0.39 is 0 Å². The predicted molar refractivity (Wildman–Crippen MR) is 73.9 cm³/mol. The Labute approximate surface area is 106 Å². The van der Waals surface area contributed by atoms with Gasteiger partial charge in [0.05, 0.1) is 0 Å². The standard InChI is InChI=1S/C16H26O/c1-5-6-9-14(17)10-11-15-13(2)8-7-12-16(15,3)4/h8,10-11,15H,5-7,9,12H2,1-4H3/b11-10+. The third kappa shape index (κ3) is 4.14. The van der Waals surface area contributed by atoms with Crippen molar-refractivity contribution in [3.8, 4) is 0 Å². The van der Waals surface area contributed by atoms with Crippen LogP contribution in [0.3, 0.4) is 0 Å². The maximum absolute atomic E-state index is 11.7. The van der Waals surface area contributed by atoms with Crippen LogP contribution in [0, 0.1) is 11.3 Å². The highest BCUT2D eigenvalue weighted by molar-refractivity contribution is 5.89. The van der Waals surface area contributed by atoms with Gasteiger partial charge in [-0.05, 0) is 37.7 Å². The van der Waals surface area contributed by atoms with E-state index in [0.717, 1.165) is 12.8 Å². The third-order valence-corrected chi connectivity index (χ3v) is 3.84. The van der Waals surface area contributed by atoms with E-state index in [1.54, 1.807) is 0 Å². The second kappa shape index (κ2) is 6.18. The fourth-order valence-electron chi connectivity index (χ4n) is 2.62. The van der Waals surface area contributed by atoms with Gasteiger partial charge in [0, 0.05) is 12.3 Å². The molecule has 0 bridgehead atoms. The highest BCUT2D eigenvalue weighted by Gasteiger charge is 2.30. The number of hydrogen-bond donors (Lipinski definition) is 0. The second-order valence-electron chi connectivity index (χ2n) is 5.88. The molecule has 1 aliphatic carbocycles. The molecule has 0 saturated carbocycles. The van der Waals surface area contributed by atoms with Gasteiger partial charge in [-0.15, -0.1) is 0 Å². The van der Waals surface area contributed by atoms with E-state index >= 15 is 0 Å². The Balaban J connectivity index is 2.65. The van der Waals surface area contributed by atoms with Crippen molar-refractivity contribution in [3.05, 3.63) is 23.8 Å². The number of carbonyl (C=O) groups is 1. The minimum absolute atomic E-state index is 0.279. The molecule has 1 unspecified atom stereocenters. The highest BCUT2D eigenvalue weighted by Crippen LogP contribution is 2.41. The lowest BCUT2D eigenvalue weighted by Gasteiger charge is -2.36. The summed E-state index contributed by atoms with van der Waals surface area (Å²) in [4.78, 5) is 11.7. The van der Waals surface area contributed by atoms with Gasteiger partial charge in [0.2, 0.25) is 0 Å². The second-order valence-corrected chi connectivity index (χ2v) is 5.88. The first kappa shape index (κ1) is 14.2. The molecule has 17 heavy (non-hydrogen) atoms. The molecule has 0 aromatic heterocycles. The molecule has 0 aromatic rings. The number of ketones is 1. The van der Waals surface area contributed by atoms with E-state index in [4.69, 9.17) is 0 Å². The molecular formula is C16H26O. The lowest BCUT2D eigenvalue weighted by Crippen LogP contribution is -2.26. The summed E-state index contributed by atoms with van der Waals surface area (Å²) in [6.07, 6.45) is 11.4. The first-order valence-electron chi connectivity index (χ1n) is 6.85. The Morgan fingerprint density at radius 2 is 2.24 bits per heavy atom. The summed E-state index contributed by atoms with van der Waals surface area (Å²) < 4.78 is 0. The van der Waals surface area contributed by atoms with Gasteiger partial charge < -0.3 is 0 Å². The van der Waals surface area contributed by atoms with E-state index in [1.807, 2.05) is 6.08 Å². The molecule has 1 nitrogen and oxygen atoms in total. The first-order valence-corrected chi connectivity index (χ1v) is 6.85. The molecule has 96 valence electrons. The van der Waals surface area contributed by atoms with Crippen molar-refractivity contribution in [2.24, 2.45) is 11.3 Å². The van der Waals surface area contributed by atoms with Crippen LogP contribution in [0.25, 0.3) is 0 Å². The summed E-state index contributed by atoms with van der Waals surface area (Å²) in [7, 11) is 0. The quantitative estimate of drug-likeness (QED) is 0.498. The van der Waals surface area contributed by atoms with E-state index in [1.165, 1.54) is 18.4 Å². The summed E-state index contributed by atoms with van der Waals surface area (Å²) in [5.41, 5.74) is 1.71. The molecule has 1 heteroatoms. The summed E-state index contributed by atoms with van der Waals surface area (Å²) in [5.74, 6) is 0.711. The van der Waals surface area contributed by atoms with Crippen LogP contribution >= 0.6 is 0 Å². The molecule has 1 atom stereocenters. The van der Waals surface area contributed by atoms with Crippen LogP contribution in [0.1, 0.15) is 59.8 Å². The molecule has 0 amide bonds. The highest BCUT2D eigenvalue weighted by atomic mass is 16.1. The molecule has 0 fully saturated rings. The largest absolute Gasteiger partial charge is 0.295 e. The maximum Gasteiger partial charge on any atom is 0.155 e. The molecule has 0 N–H and O–H groups in total. The Hall–Kier alpha value is -0.850. The molecule has 0 aliphatic heterocycles. The molecule has 0 saturated heterocycles. The van der Waals surface area contributed by atoms with Crippen LogP contribution in [0.2, 0.25) is 0 Å². The number of hydrogen-bond acceptors (Lipinski definition) is 1. The van der Waals surface area contributed by atoms with Crippen LogP contribution in [0.5, 0.6) is 0 Å². The first-order chi connectivity index (χ1) is 7.97. The molecule has 0 radical (unpaired) electrons. The topological polar surface area (TPSA) is 17.1 Å². The van der Waals surface area contributed by atoms with E-state index in [9.17, 15) is 4.79 Å². The Morgan fingerprint density at radius 3 is 2.82 bits per heavy atom. The lowest BCUT2D eigenvalue weighted by molar-refractivity contribution is -0.114. The van der Waals surface area contributed by atoms with Crippen molar-refractivity contribution in [3.63, 3.8) is 0 Å². The zero-order chi connectivity index (χ0) is 12.9. The molecular weight excluding hydrogens is 208 g/mol. The van der Waals surface area contributed by atoms with Gasteiger partial charge in [0.1, 0.15) is 0 Å². The summed E-state index contributed by atoms with van der Waals surface area (Å²) >= 11 is 0.